The second-order valence-corrected chi connectivity index (χ2v) is 14.3. The molecule has 0 radical (unpaired) electrons. The Morgan fingerprint density at radius 3 is 2.16 bits per heavy atom. The Labute approximate surface area is 268 Å². The SMILES string of the molecule is CCCCN1C(=O)[C@H](CC2CCCCC2)NC(=O)C12CCN(Cc1ccc(Oc3ccc(NS(C)(=O)=O)cc3)cc1)CC2.Cl. The zero-order valence-electron chi connectivity index (χ0n) is 25.9. The smallest absolute Gasteiger partial charge is 0.246 e. The first kappa shape index (κ1) is 34.1. The first-order chi connectivity index (χ1) is 20.6. The van der Waals surface area contributed by atoms with Gasteiger partial charge in [0.15, 0.2) is 0 Å². The third-order valence-corrected chi connectivity index (χ3v) is 9.85. The minimum atomic E-state index is -3.33. The molecule has 9 nitrogen and oxygen atoms in total. The average molecular weight is 647 g/mol. The Hall–Kier alpha value is -2.82. The van der Waals surface area contributed by atoms with Crippen molar-refractivity contribution in [2.24, 2.45) is 5.92 Å². The summed E-state index contributed by atoms with van der Waals surface area (Å²) in [6.07, 6.45) is 11.2. The van der Waals surface area contributed by atoms with Crippen LogP contribution in [-0.2, 0) is 26.2 Å². The van der Waals surface area contributed by atoms with Gasteiger partial charge in [-0.25, -0.2) is 8.42 Å². The summed E-state index contributed by atoms with van der Waals surface area (Å²) in [5.74, 6) is 2.02. The molecule has 2 saturated heterocycles. The third kappa shape index (κ3) is 8.46. The van der Waals surface area contributed by atoms with Crippen molar-refractivity contribution in [2.75, 3.05) is 30.6 Å². The van der Waals surface area contributed by atoms with Crippen LogP contribution >= 0.6 is 12.4 Å². The molecule has 5 rings (SSSR count). The summed E-state index contributed by atoms with van der Waals surface area (Å²) in [4.78, 5) is 31.8. The molecule has 1 atom stereocenters. The van der Waals surface area contributed by atoms with Gasteiger partial charge in [0.1, 0.15) is 23.1 Å². The third-order valence-electron chi connectivity index (χ3n) is 9.24. The number of rotatable bonds is 11. The maximum absolute atomic E-state index is 13.8. The molecule has 2 heterocycles. The van der Waals surface area contributed by atoms with Gasteiger partial charge in [-0.2, -0.15) is 0 Å². The van der Waals surface area contributed by atoms with E-state index in [4.69, 9.17) is 4.74 Å². The molecule has 3 fully saturated rings. The number of nitrogens with one attached hydrogen (secondary N) is 2. The van der Waals surface area contributed by atoms with E-state index in [0.717, 1.165) is 50.7 Å². The summed E-state index contributed by atoms with van der Waals surface area (Å²) >= 11 is 0. The quantitative estimate of drug-likeness (QED) is 0.324. The van der Waals surface area contributed by atoms with Crippen molar-refractivity contribution in [2.45, 2.75) is 89.3 Å². The van der Waals surface area contributed by atoms with Gasteiger partial charge in [0.05, 0.1) is 6.26 Å². The number of sulfonamides is 1. The van der Waals surface area contributed by atoms with Gasteiger partial charge in [0.25, 0.3) is 0 Å². The van der Waals surface area contributed by atoms with Crippen molar-refractivity contribution in [3.63, 3.8) is 0 Å². The van der Waals surface area contributed by atoms with E-state index in [0.29, 0.717) is 42.5 Å². The number of hydrogen-bond donors (Lipinski definition) is 2. The summed E-state index contributed by atoms with van der Waals surface area (Å²) in [6, 6.07) is 14.3. The van der Waals surface area contributed by atoms with E-state index in [-0.39, 0.29) is 30.3 Å². The van der Waals surface area contributed by atoms with Crippen molar-refractivity contribution in [1.82, 2.24) is 15.1 Å². The van der Waals surface area contributed by atoms with Crippen LogP contribution in [0.25, 0.3) is 0 Å². The highest BCUT2D eigenvalue weighted by molar-refractivity contribution is 7.92. The maximum Gasteiger partial charge on any atom is 0.246 e. The van der Waals surface area contributed by atoms with Crippen LogP contribution in [0.15, 0.2) is 48.5 Å². The molecular formula is C33H47ClN4O5S. The zero-order chi connectivity index (χ0) is 30.5. The Balaban J connectivity index is 0.00000442. The van der Waals surface area contributed by atoms with Crippen molar-refractivity contribution >= 4 is 39.9 Å². The van der Waals surface area contributed by atoms with Crippen LogP contribution in [0.2, 0.25) is 0 Å². The highest BCUT2D eigenvalue weighted by Gasteiger charge is 2.53. The molecule has 2 aromatic carbocycles. The number of ether oxygens (including phenoxy) is 1. The zero-order valence-corrected chi connectivity index (χ0v) is 27.6. The lowest BCUT2D eigenvalue weighted by molar-refractivity contribution is -0.162. The summed E-state index contributed by atoms with van der Waals surface area (Å²) in [5.41, 5.74) is 0.891. The fourth-order valence-electron chi connectivity index (χ4n) is 6.87. The molecule has 242 valence electrons. The van der Waals surface area contributed by atoms with Crippen LogP contribution in [0.3, 0.4) is 0 Å². The van der Waals surface area contributed by atoms with E-state index in [1.807, 2.05) is 29.2 Å². The Bertz CT molecular complexity index is 1360. The van der Waals surface area contributed by atoms with Gasteiger partial charge in [-0.15, -0.1) is 12.4 Å². The largest absolute Gasteiger partial charge is 0.457 e. The summed E-state index contributed by atoms with van der Waals surface area (Å²) in [5, 5.41) is 3.19. The molecule has 0 bridgehead atoms. The number of piperazine rings is 1. The number of likely N-dealkylation sites (tertiary alicyclic amines) is 1. The number of nitrogens with zero attached hydrogens (tertiary/aromatic N) is 2. The average Bonchev–Trinajstić information content (AvgIpc) is 2.99. The number of anilines is 1. The van der Waals surface area contributed by atoms with Crippen molar-refractivity contribution < 1.29 is 22.7 Å². The molecule has 0 unspecified atom stereocenters. The molecule has 1 aliphatic carbocycles. The number of carbonyl (C=O) groups excluding carboxylic acids is 2. The number of unbranched alkanes of at least 4 members (excludes halogenated alkanes) is 1. The first-order valence-corrected chi connectivity index (χ1v) is 17.7. The molecule has 11 heteroatoms. The van der Waals surface area contributed by atoms with Gasteiger partial charge in [-0.1, -0.05) is 57.6 Å². The summed E-state index contributed by atoms with van der Waals surface area (Å²) < 4.78 is 31.2. The van der Waals surface area contributed by atoms with Crippen molar-refractivity contribution in [1.29, 1.82) is 0 Å². The number of hydrogen-bond acceptors (Lipinski definition) is 6. The van der Waals surface area contributed by atoms with Crippen LogP contribution < -0.4 is 14.8 Å². The maximum atomic E-state index is 13.8. The molecule has 1 spiro atoms. The number of benzene rings is 2. The Morgan fingerprint density at radius 2 is 1.57 bits per heavy atom. The standard InChI is InChI=1S/C33H46N4O5S.ClH/c1-3-4-20-37-31(38)30(23-25-8-6-5-7-9-25)34-32(39)33(37)18-21-36(22-19-33)24-26-10-14-28(15-11-26)42-29-16-12-27(13-17-29)35-43(2,40)41;/h10-17,25,30,35H,3-9,18-24H2,1-2H3,(H,34,39);1H/t30-;/m0./s1. The van der Waals surface area contributed by atoms with E-state index in [1.54, 1.807) is 24.3 Å². The van der Waals surface area contributed by atoms with Crippen LogP contribution in [0.5, 0.6) is 11.5 Å². The molecule has 2 N–H and O–H groups in total. The second kappa shape index (κ2) is 15.0. The molecule has 44 heavy (non-hydrogen) atoms. The molecule has 2 aliphatic heterocycles. The topological polar surface area (TPSA) is 108 Å². The van der Waals surface area contributed by atoms with Crippen molar-refractivity contribution in [3.8, 4) is 11.5 Å². The number of amides is 2. The Morgan fingerprint density at radius 1 is 0.955 bits per heavy atom. The van der Waals surface area contributed by atoms with Gasteiger partial charge in [0, 0.05) is 31.9 Å². The van der Waals surface area contributed by atoms with Crippen LogP contribution in [0.1, 0.15) is 76.7 Å². The molecule has 1 saturated carbocycles. The minimum Gasteiger partial charge on any atom is -0.457 e. The van der Waals surface area contributed by atoms with E-state index < -0.39 is 15.6 Å². The highest BCUT2D eigenvalue weighted by Crippen LogP contribution is 2.36. The highest BCUT2D eigenvalue weighted by atomic mass is 35.5. The predicted molar refractivity (Wildman–Crippen MR) is 176 cm³/mol. The molecule has 3 aliphatic rings. The number of halogens is 1. The number of carbonyl (C=O) groups is 2. The first-order valence-electron chi connectivity index (χ1n) is 15.8. The summed E-state index contributed by atoms with van der Waals surface area (Å²) in [6.45, 7) is 5.06. The van der Waals surface area contributed by atoms with Gasteiger partial charge in [-0.05, 0) is 73.6 Å². The van der Waals surface area contributed by atoms with Gasteiger partial charge >= 0.3 is 0 Å². The van der Waals surface area contributed by atoms with Gasteiger partial charge in [-0.3, -0.25) is 19.2 Å². The van der Waals surface area contributed by atoms with E-state index in [1.165, 1.54) is 32.1 Å². The van der Waals surface area contributed by atoms with E-state index >= 15 is 0 Å². The van der Waals surface area contributed by atoms with Crippen LogP contribution in [0.4, 0.5) is 5.69 Å². The molecular weight excluding hydrogens is 600 g/mol. The van der Waals surface area contributed by atoms with Crippen LogP contribution in [0, 0.1) is 5.92 Å². The van der Waals surface area contributed by atoms with Crippen LogP contribution in [-0.4, -0.2) is 67.5 Å². The lowest BCUT2D eigenvalue weighted by Gasteiger charge is -2.52. The predicted octanol–water partition coefficient (Wildman–Crippen LogP) is 5.70. The fourth-order valence-corrected chi connectivity index (χ4v) is 7.44. The number of piperidine rings is 1. The molecule has 2 amide bonds. The lowest BCUT2D eigenvalue weighted by atomic mass is 9.79. The van der Waals surface area contributed by atoms with Gasteiger partial charge < -0.3 is 15.0 Å². The molecule has 2 aromatic rings. The monoisotopic (exact) mass is 646 g/mol. The summed E-state index contributed by atoms with van der Waals surface area (Å²) in [7, 11) is -3.33. The second-order valence-electron chi connectivity index (χ2n) is 12.6. The lowest BCUT2D eigenvalue weighted by Crippen LogP contribution is -2.73. The van der Waals surface area contributed by atoms with E-state index in [9.17, 15) is 18.0 Å². The minimum absolute atomic E-state index is 0. The fraction of sp³-hybridized carbons (Fsp3) is 0.576. The normalized spacial score (nSPS) is 21.0. The molecule has 0 aromatic heterocycles. The van der Waals surface area contributed by atoms with Crippen molar-refractivity contribution in [3.05, 3.63) is 54.1 Å². The Kier molecular flexibility index (Phi) is 11.6. The van der Waals surface area contributed by atoms with E-state index in [2.05, 4.69) is 21.9 Å². The van der Waals surface area contributed by atoms with Gasteiger partial charge in [0.2, 0.25) is 21.8 Å².